The van der Waals surface area contributed by atoms with Crippen LogP contribution in [0.5, 0.6) is 0 Å². The summed E-state index contributed by atoms with van der Waals surface area (Å²) in [5.41, 5.74) is 0. The monoisotopic (exact) mass is 178 g/mol. The van der Waals surface area contributed by atoms with Crippen molar-refractivity contribution in [3.8, 4) is 0 Å². The fourth-order valence-corrected chi connectivity index (χ4v) is 0. The fraction of sp³-hybridized carbons (Fsp3) is 1.00. The van der Waals surface area contributed by atoms with Crippen molar-refractivity contribution in [1.82, 2.24) is 0 Å². The summed E-state index contributed by atoms with van der Waals surface area (Å²) in [5, 5.41) is 0. The highest BCUT2D eigenvalue weighted by Crippen LogP contribution is 1.83. The van der Waals surface area contributed by atoms with Crippen LogP contribution in [0.2, 0.25) is 0 Å². The first-order valence-corrected chi connectivity index (χ1v) is 1.89. The normalized spacial score (nSPS) is 6.00. The Morgan fingerprint density at radius 1 is 1.80 bits per heavy atom. The summed E-state index contributed by atoms with van der Waals surface area (Å²) in [7, 11) is 0. The number of hydrogen-bond acceptors (Lipinski definition) is 1. The molecule has 0 aromatic rings. The lowest BCUT2D eigenvalue weighted by Gasteiger charge is -1.69. The Kier molecular flexibility index (Phi) is 17.0. The highest BCUT2D eigenvalue weighted by molar-refractivity contribution is 9.06. The highest BCUT2D eigenvalue weighted by atomic mass is 79.9. The van der Waals surface area contributed by atoms with Crippen molar-refractivity contribution < 1.29 is 3.83 Å². The predicted molar refractivity (Wildman–Crippen MR) is 31.8 cm³/mol. The van der Waals surface area contributed by atoms with Crippen LogP contribution in [0.4, 0.5) is 0 Å². The zero-order valence-electron chi connectivity index (χ0n) is 2.58. The molecular formula is CH5BrClOP. The van der Waals surface area contributed by atoms with Gasteiger partial charge in [-0.25, -0.2) is 0 Å². The van der Waals surface area contributed by atoms with Gasteiger partial charge in [0.1, 0.15) is 22.3 Å². The quantitative estimate of drug-likeness (QED) is 0.438. The van der Waals surface area contributed by atoms with Gasteiger partial charge in [0.15, 0.2) is 0 Å². The van der Waals surface area contributed by atoms with E-state index in [0.29, 0.717) is 0 Å². The zero-order chi connectivity index (χ0) is 3.41. The summed E-state index contributed by atoms with van der Waals surface area (Å²) in [6.07, 6.45) is 0. The molecule has 0 rings (SSSR count). The molecule has 0 amide bonds. The van der Waals surface area contributed by atoms with Crippen LogP contribution in [0.25, 0.3) is 0 Å². The second kappa shape index (κ2) is 8.94. The minimum Gasteiger partial charge on any atom is -0.292 e. The van der Waals surface area contributed by atoms with Crippen LogP contribution in [-0.2, 0) is 3.83 Å². The molecule has 0 aliphatic carbocycles. The van der Waals surface area contributed by atoms with Crippen LogP contribution >= 0.6 is 37.8 Å². The van der Waals surface area contributed by atoms with Gasteiger partial charge in [0, 0.05) is 0 Å². The number of alkyl halides is 1. The van der Waals surface area contributed by atoms with Gasteiger partial charge in [-0.15, -0.1) is 0 Å². The summed E-state index contributed by atoms with van der Waals surface area (Å²) in [4.78, 5) is 0. The molecule has 0 fully saturated rings. The van der Waals surface area contributed by atoms with E-state index in [9.17, 15) is 0 Å². The second-order valence-electron chi connectivity index (χ2n) is 0.218. The average Bonchev–Trinajstić information content (AvgIpc) is 1.37. The van der Waals surface area contributed by atoms with Crippen molar-refractivity contribution in [2.75, 3.05) is 6.07 Å². The van der Waals surface area contributed by atoms with Crippen molar-refractivity contribution in [2.24, 2.45) is 0 Å². The molecule has 4 heteroatoms. The molecule has 0 N–H and O–H groups in total. The number of hydrogen-bond donors (Lipinski definition) is 0. The van der Waals surface area contributed by atoms with E-state index in [1.807, 2.05) is 0 Å². The largest absolute Gasteiger partial charge is 0.292 e. The van der Waals surface area contributed by atoms with E-state index >= 15 is 0 Å². The number of halogens is 2. The van der Waals surface area contributed by atoms with E-state index in [4.69, 9.17) is 11.6 Å². The molecule has 5 heavy (non-hydrogen) atoms. The van der Waals surface area contributed by atoms with Gasteiger partial charge in [-0.1, -0.05) is 11.6 Å². The van der Waals surface area contributed by atoms with Gasteiger partial charge < -0.3 is 0 Å². The molecular weight excluding hydrogens is 174 g/mol. The summed E-state index contributed by atoms with van der Waals surface area (Å²) in [5.74, 6) is 0. The summed E-state index contributed by atoms with van der Waals surface area (Å²) < 4.78 is 4.12. The van der Waals surface area contributed by atoms with Crippen LogP contribution in [-0.4, -0.2) is 6.07 Å². The molecule has 34 valence electrons. The summed E-state index contributed by atoms with van der Waals surface area (Å²) >= 11 is 7.53. The van der Waals surface area contributed by atoms with E-state index in [1.54, 1.807) is 0 Å². The molecule has 1 unspecified atom stereocenters. The minimum atomic E-state index is 0. The first-order valence-electron chi connectivity index (χ1n) is 0.710. The molecule has 0 heterocycles. The Morgan fingerprint density at radius 2 is 2.00 bits per heavy atom. The van der Waals surface area contributed by atoms with Crippen LogP contribution in [0.15, 0.2) is 0 Å². The van der Waals surface area contributed by atoms with Crippen molar-refractivity contribution >= 4 is 37.8 Å². The van der Waals surface area contributed by atoms with E-state index in [2.05, 4.69) is 20.1 Å². The summed E-state index contributed by atoms with van der Waals surface area (Å²) in [6, 6.07) is 0.208. The van der Waals surface area contributed by atoms with Crippen LogP contribution in [0, 0.1) is 0 Å². The maximum Gasteiger partial charge on any atom is 0.135 e. The third kappa shape index (κ3) is 11.0. The molecule has 0 bridgehead atoms. The Morgan fingerprint density at radius 3 is 2.00 bits per heavy atom. The van der Waals surface area contributed by atoms with Gasteiger partial charge >= 0.3 is 0 Å². The Bertz CT molecular complexity index is 13.6. The third-order valence-corrected chi connectivity index (χ3v) is 0.643. The van der Waals surface area contributed by atoms with E-state index in [-0.39, 0.29) is 16.0 Å². The second-order valence-corrected chi connectivity index (χ2v) is 0.894. The first kappa shape index (κ1) is 9.48. The lowest BCUT2D eigenvalue weighted by molar-refractivity contribution is 0.486. The highest BCUT2D eigenvalue weighted by Gasteiger charge is 1.58. The standard InChI is InChI=1S/CH2BrClO.H3P/c2-4-1-3;/h1H2;1H3. The van der Waals surface area contributed by atoms with Gasteiger partial charge in [-0.2, -0.15) is 9.90 Å². The molecule has 1 nitrogen and oxygen atoms in total. The minimum absolute atomic E-state index is 0. The van der Waals surface area contributed by atoms with Gasteiger partial charge in [-0.3, -0.25) is 3.83 Å². The van der Waals surface area contributed by atoms with E-state index in [1.165, 1.54) is 0 Å². The Labute approximate surface area is 48.1 Å². The molecule has 0 saturated heterocycles. The topological polar surface area (TPSA) is 9.23 Å². The molecule has 1 atom stereocenters. The molecule has 0 aromatic heterocycles. The molecule has 0 radical (unpaired) electrons. The molecule has 0 aliphatic heterocycles. The van der Waals surface area contributed by atoms with Gasteiger partial charge in [0.25, 0.3) is 0 Å². The Hall–Kier alpha value is 1.16. The molecule has 0 saturated carbocycles. The summed E-state index contributed by atoms with van der Waals surface area (Å²) in [6.45, 7) is 0. The van der Waals surface area contributed by atoms with E-state index < -0.39 is 0 Å². The van der Waals surface area contributed by atoms with Crippen molar-refractivity contribution in [2.45, 2.75) is 0 Å². The maximum atomic E-state index is 4.92. The maximum absolute atomic E-state index is 4.92. The Balaban J connectivity index is 0. The van der Waals surface area contributed by atoms with Crippen LogP contribution < -0.4 is 0 Å². The SMILES string of the molecule is ClCOBr.P. The molecule has 0 spiro atoms. The smallest absolute Gasteiger partial charge is 0.135 e. The first-order chi connectivity index (χ1) is 1.91. The predicted octanol–water partition coefficient (Wildman–Crippen LogP) is 1.57. The van der Waals surface area contributed by atoms with Crippen molar-refractivity contribution in [3.63, 3.8) is 0 Å². The fourth-order valence-electron chi connectivity index (χ4n) is 0. The van der Waals surface area contributed by atoms with Crippen LogP contribution in [0.1, 0.15) is 0 Å². The van der Waals surface area contributed by atoms with E-state index in [0.717, 1.165) is 0 Å². The third-order valence-electron chi connectivity index (χ3n) is 0.0412. The average molecular weight is 179 g/mol. The lowest BCUT2D eigenvalue weighted by Crippen LogP contribution is -1.57. The molecule has 0 aliphatic rings. The van der Waals surface area contributed by atoms with Crippen LogP contribution in [0.3, 0.4) is 0 Å². The van der Waals surface area contributed by atoms with Gasteiger partial charge in [0.05, 0.1) is 0 Å². The zero-order valence-corrected chi connectivity index (χ0v) is 6.33. The van der Waals surface area contributed by atoms with Crippen molar-refractivity contribution in [1.29, 1.82) is 0 Å². The lowest BCUT2D eigenvalue weighted by atomic mass is 11.7. The van der Waals surface area contributed by atoms with Gasteiger partial charge in [0.2, 0.25) is 0 Å². The van der Waals surface area contributed by atoms with Gasteiger partial charge in [-0.05, 0) is 0 Å². The van der Waals surface area contributed by atoms with Crippen molar-refractivity contribution in [3.05, 3.63) is 0 Å². The number of rotatable bonds is 1. The molecule has 0 aromatic carbocycles.